The third-order valence-electron chi connectivity index (χ3n) is 3.59. The van der Waals surface area contributed by atoms with Crippen LogP contribution in [0.1, 0.15) is 36.3 Å². The van der Waals surface area contributed by atoms with E-state index in [1.165, 1.54) is 25.7 Å². The average Bonchev–Trinajstić information content (AvgIpc) is 2.97. The Morgan fingerprint density at radius 1 is 1.16 bits per heavy atom. The Bertz CT molecular complexity index is 593. The number of rotatable bonds is 3. The first-order chi connectivity index (χ1) is 9.33. The molecule has 1 aromatic heterocycles. The van der Waals surface area contributed by atoms with Crippen molar-refractivity contribution in [2.75, 3.05) is 6.54 Å². The molecule has 1 N–H and O–H groups in total. The van der Waals surface area contributed by atoms with Crippen LogP contribution in [-0.4, -0.2) is 27.6 Å². The molecule has 2 aromatic rings. The first-order valence-corrected chi connectivity index (χ1v) is 6.70. The highest BCUT2D eigenvalue weighted by atomic mass is 16.2. The fourth-order valence-electron chi connectivity index (χ4n) is 2.51. The van der Waals surface area contributed by atoms with E-state index in [0.29, 0.717) is 17.0 Å². The molecule has 3 rings (SSSR count). The molecule has 1 aliphatic rings. The van der Waals surface area contributed by atoms with E-state index < -0.39 is 0 Å². The van der Waals surface area contributed by atoms with Crippen molar-refractivity contribution in [3.05, 3.63) is 30.1 Å². The molecule has 5 nitrogen and oxygen atoms in total. The minimum Gasteiger partial charge on any atom is -0.349 e. The number of para-hydroxylation sites is 1. The zero-order chi connectivity index (χ0) is 13.1. The van der Waals surface area contributed by atoms with Crippen LogP contribution in [0.3, 0.4) is 0 Å². The summed E-state index contributed by atoms with van der Waals surface area (Å²) in [6.45, 7) is 0.717. The molecule has 1 fully saturated rings. The predicted octanol–water partition coefficient (Wildman–Crippen LogP) is 1.94. The lowest BCUT2D eigenvalue weighted by Gasteiger charge is -2.09. The van der Waals surface area contributed by atoms with Crippen molar-refractivity contribution in [2.45, 2.75) is 25.7 Å². The average molecular weight is 256 g/mol. The lowest BCUT2D eigenvalue weighted by molar-refractivity contribution is 0.0936. The van der Waals surface area contributed by atoms with Crippen LogP contribution >= 0.6 is 0 Å². The fraction of sp³-hybridized carbons (Fsp3) is 0.429. The van der Waals surface area contributed by atoms with Gasteiger partial charge in [0, 0.05) is 6.54 Å². The maximum atomic E-state index is 12.0. The molecular weight excluding hydrogens is 240 g/mol. The highest BCUT2D eigenvalue weighted by Gasteiger charge is 2.17. The number of hydrogen-bond acceptors (Lipinski definition) is 4. The van der Waals surface area contributed by atoms with Crippen LogP contribution in [0.2, 0.25) is 0 Å². The number of amides is 1. The van der Waals surface area contributed by atoms with Crippen molar-refractivity contribution in [3.8, 4) is 0 Å². The van der Waals surface area contributed by atoms with Crippen molar-refractivity contribution in [1.29, 1.82) is 0 Å². The lowest BCUT2D eigenvalue weighted by Crippen LogP contribution is -2.30. The standard InChI is InChI=1S/C14H16N4O/c19-14(15-9-10-5-1-2-6-10)13-16-11-7-3-4-8-12(11)17-18-13/h3-4,7-8,10H,1-2,5-6,9H2,(H,15,19). The summed E-state index contributed by atoms with van der Waals surface area (Å²) in [7, 11) is 0. The number of nitrogens with one attached hydrogen (secondary N) is 1. The predicted molar refractivity (Wildman–Crippen MR) is 71.6 cm³/mol. The summed E-state index contributed by atoms with van der Waals surface area (Å²) in [5.74, 6) is 0.527. The molecule has 5 heteroatoms. The van der Waals surface area contributed by atoms with Crippen LogP contribution in [0.4, 0.5) is 0 Å². The molecule has 0 atom stereocenters. The summed E-state index contributed by atoms with van der Waals surface area (Å²) >= 11 is 0. The highest BCUT2D eigenvalue weighted by Crippen LogP contribution is 2.23. The third-order valence-corrected chi connectivity index (χ3v) is 3.59. The molecule has 19 heavy (non-hydrogen) atoms. The number of fused-ring (bicyclic) bond motifs is 1. The minimum atomic E-state index is -0.231. The largest absolute Gasteiger partial charge is 0.349 e. The number of hydrogen-bond donors (Lipinski definition) is 1. The molecule has 98 valence electrons. The van der Waals surface area contributed by atoms with Gasteiger partial charge >= 0.3 is 0 Å². The maximum Gasteiger partial charge on any atom is 0.291 e. The molecule has 1 aliphatic carbocycles. The van der Waals surface area contributed by atoms with Crippen molar-refractivity contribution in [3.63, 3.8) is 0 Å². The summed E-state index contributed by atoms with van der Waals surface area (Å²) < 4.78 is 0. The normalized spacial score (nSPS) is 15.8. The molecular formula is C14H16N4O. The molecule has 1 heterocycles. The van der Waals surface area contributed by atoms with E-state index in [-0.39, 0.29) is 11.7 Å². The number of benzene rings is 1. The first kappa shape index (κ1) is 12.0. The molecule has 1 amide bonds. The van der Waals surface area contributed by atoms with E-state index in [1.54, 1.807) is 0 Å². The fourth-order valence-corrected chi connectivity index (χ4v) is 2.51. The summed E-state index contributed by atoms with van der Waals surface area (Å²) in [4.78, 5) is 16.2. The molecule has 0 saturated heterocycles. The summed E-state index contributed by atoms with van der Waals surface area (Å²) in [6, 6.07) is 7.41. The molecule has 1 aromatic carbocycles. The van der Waals surface area contributed by atoms with Crippen molar-refractivity contribution in [2.24, 2.45) is 5.92 Å². The Kier molecular flexibility index (Phi) is 3.35. The summed E-state index contributed by atoms with van der Waals surface area (Å²) in [5.41, 5.74) is 1.40. The van der Waals surface area contributed by atoms with Gasteiger partial charge in [-0.25, -0.2) is 4.98 Å². The van der Waals surface area contributed by atoms with Crippen molar-refractivity contribution >= 4 is 16.9 Å². The van der Waals surface area contributed by atoms with Crippen molar-refractivity contribution in [1.82, 2.24) is 20.5 Å². The topological polar surface area (TPSA) is 67.8 Å². The lowest BCUT2D eigenvalue weighted by atomic mass is 10.1. The Labute approximate surface area is 111 Å². The molecule has 0 unspecified atom stereocenters. The highest BCUT2D eigenvalue weighted by molar-refractivity contribution is 5.91. The second-order valence-electron chi connectivity index (χ2n) is 4.98. The van der Waals surface area contributed by atoms with E-state index in [4.69, 9.17) is 0 Å². The Morgan fingerprint density at radius 2 is 1.89 bits per heavy atom. The van der Waals surface area contributed by atoms with E-state index in [1.807, 2.05) is 24.3 Å². The number of nitrogens with zero attached hydrogens (tertiary/aromatic N) is 3. The molecule has 0 radical (unpaired) electrons. The van der Waals surface area contributed by atoms with Gasteiger partial charge in [-0.15, -0.1) is 10.2 Å². The van der Waals surface area contributed by atoms with Crippen LogP contribution in [0.15, 0.2) is 24.3 Å². The quantitative estimate of drug-likeness (QED) is 0.911. The number of aromatic nitrogens is 3. The second-order valence-corrected chi connectivity index (χ2v) is 4.98. The van der Waals surface area contributed by atoms with E-state index in [0.717, 1.165) is 6.54 Å². The van der Waals surface area contributed by atoms with Crippen LogP contribution in [0, 0.1) is 5.92 Å². The van der Waals surface area contributed by atoms with Gasteiger partial charge in [-0.1, -0.05) is 25.0 Å². The van der Waals surface area contributed by atoms with Gasteiger partial charge in [0.05, 0.1) is 5.52 Å². The molecule has 0 aliphatic heterocycles. The molecule has 0 bridgehead atoms. The van der Waals surface area contributed by atoms with Crippen LogP contribution in [-0.2, 0) is 0 Å². The van der Waals surface area contributed by atoms with Gasteiger partial charge in [0.15, 0.2) is 0 Å². The summed E-state index contributed by atoms with van der Waals surface area (Å²) in [6.07, 6.45) is 4.96. The first-order valence-electron chi connectivity index (χ1n) is 6.70. The van der Waals surface area contributed by atoms with Crippen molar-refractivity contribution < 1.29 is 4.79 Å². The van der Waals surface area contributed by atoms with Crippen LogP contribution in [0.25, 0.3) is 11.0 Å². The van der Waals surface area contributed by atoms with E-state index in [9.17, 15) is 4.79 Å². The zero-order valence-electron chi connectivity index (χ0n) is 10.7. The van der Waals surface area contributed by atoms with E-state index in [2.05, 4.69) is 20.5 Å². The molecule has 1 saturated carbocycles. The zero-order valence-corrected chi connectivity index (χ0v) is 10.7. The Balaban J connectivity index is 1.70. The monoisotopic (exact) mass is 256 g/mol. The van der Waals surface area contributed by atoms with Gasteiger partial charge in [-0.2, -0.15) is 0 Å². The van der Waals surface area contributed by atoms with Crippen LogP contribution in [0.5, 0.6) is 0 Å². The maximum absolute atomic E-state index is 12.0. The SMILES string of the molecule is O=C(NCC1CCCC1)c1nnc2ccccc2n1. The van der Waals surface area contributed by atoms with E-state index >= 15 is 0 Å². The Hall–Kier alpha value is -2.04. The van der Waals surface area contributed by atoms with Gasteiger partial charge in [-0.05, 0) is 30.9 Å². The Morgan fingerprint density at radius 3 is 2.68 bits per heavy atom. The molecule has 0 spiro atoms. The van der Waals surface area contributed by atoms with Gasteiger partial charge in [0.2, 0.25) is 5.82 Å². The number of carbonyl (C=O) groups excluding carboxylic acids is 1. The second kappa shape index (κ2) is 5.30. The van der Waals surface area contributed by atoms with Crippen LogP contribution < -0.4 is 5.32 Å². The van der Waals surface area contributed by atoms with Gasteiger partial charge in [0.1, 0.15) is 5.52 Å². The number of carbonyl (C=O) groups is 1. The van der Waals surface area contributed by atoms with Gasteiger partial charge < -0.3 is 5.32 Å². The van der Waals surface area contributed by atoms with Gasteiger partial charge in [-0.3, -0.25) is 4.79 Å². The third kappa shape index (κ3) is 2.70. The van der Waals surface area contributed by atoms with Gasteiger partial charge in [0.25, 0.3) is 5.91 Å². The summed E-state index contributed by atoms with van der Waals surface area (Å²) in [5, 5.41) is 10.8. The smallest absolute Gasteiger partial charge is 0.291 e. The minimum absolute atomic E-state index is 0.150.